The lowest BCUT2D eigenvalue weighted by Gasteiger charge is -2.28. The fourth-order valence-electron chi connectivity index (χ4n) is 3.47. The van der Waals surface area contributed by atoms with Gasteiger partial charge < -0.3 is 0 Å². The Morgan fingerprint density at radius 1 is 0.962 bits per heavy atom. The molecule has 0 spiro atoms. The van der Waals surface area contributed by atoms with Gasteiger partial charge in [-0.3, -0.25) is 0 Å². The number of hydrogen-bond acceptors (Lipinski definition) is 0. The molecule has 1 aliphatic carbocycles. The van der Waals surface area contributed by atoms with Crippen molar-refractivity contribution < 1.29 is 17.6 Å². The average molecular weight is 362 g/mol. The van der Waals surface area contributed by atoms with E-state index in [4.69, 9.17) is 0 Å². The zero-order chi connectivity index (χ0) is 18.7. The Morgan fingerprint density at radius 2 is 1.62 bits per heavy atom. The molecule has 2 aromatic carbocycles. The fourth-order valence-corrected chi connectivity index (χ4v) is 3.47. The lowest BCUT2D eigenvalue weighted by molar-refractivity contribution is -0.0382. The van der Waals surface area contributed by atoms with Crippen LogP contribution in [0.3, 0.4) is 0 Å². The summed E-state index contributed by atoms with van der Waals surface area (Å²) in [5.41, 5.74) is 2.00. The van der Waals surface area contributed by atoms with Crippen LogP contribution in [0, 0.1) is 11.6 Å². The van der Waals surface area contributed by atoms with Gasteiger partial charge >= 0.3 is 0 Å². The van der Waals surface area contributed by atoms with Gasteiger partial charge in [-0.05, 0) is 36.3 Å². The van der Waals surface area contributed by atoms with E-state index in [0.717, 1.165) is 12.0 Å². The molecule has 26 heavy (non-hydrogen) atoms. The molecule has 1 fully saturated rings. The third-order valence-corrected chi connectivity index (χ3v) is 5.06. The lowest BCUT2D eigenvalue weighted by atomic mass is 9.82. The predicted octanol–water partition coefficient (Wildman–Crippen LogP) is 7.35. The van der Waals surface area contributed by atoms with Crippen molar-refractivity contribution in [3.8, 4) is 11.1 Å². The minimum Gasteiger partial charge on any atom is -0.207 e. The minimum absolute atomic E-state index is 0.0913. The van der Waals surface area contributed by atoms with E-state index in [1.54, 1.807) is 36.4 Å². The van der Waals surface area contributed by atoms with E-state index in [-0.39, 0.29) is 29.9 Å². The summed E-state index contributed by atoms with van der Waals surface area (Å²) in [4.78, 5) is 0. The molecule has 0 N–H and O–H groups in total. The first-order valence-corrected chi connectivity index (χ1v) is 9.04. The molecule has 0 aromatic heterocycles. The highest BCUT2D eigenvalue weighted by atomic mass is 19.3. The molecule has 0 amide bonds. The quantitative estimate of drug-likeness (QED) is 0.499. The van der Waals surface area contributed by atoms with Crippen molar-refractivity contribution in [2.75, 3.05) is 0 Å². The van der Waals surface area contributed by atoms with Crippen molar-refractivity contribution in [1.82, 2.24) is 0 Å². The second-order valence-electron chi connectivity index (χ2n) is 6.89. The maximum absolute atomic E-state index is 14.4. The van der Waals surface area contributed by atoms with E-state index in [2.05, 4.69) is 0 Å². The average Bonchev–Trinajstić information content (AvgIpc) is 2.63. The van der Waals surface area contributed by atoms with E-state index >= 15 is 0 Å². The first-order chi connectivity index (χ1) is 12.4. The van der Waals surface area contributed by atoms with E-state index in [0.29, 0.717) is 18.4 Å². The van der Waals surface area contributed by atoms with Crippen molar-refractivity contribution in [2.24, 2.45) is 0 Å². The van der Waals surface area contributed by atoms with E-state index < -0.39 is 17.6 Å². The molecule has 1 saturated carbocycles. The summed E-state index contributed by atoms with van der Waals surface area (Å²) in [6.45, 7) is 1.92. The second-order valence-corrected chi connectivity index (χ2v) is 6.89. The van der Waals surface area contributed by atoms with Gasteiger partial charge in [-0.25, -0.2) is 17.6 Å². The summed E-state index contributed by atoms with van der Waals surface area (Å²) < 4.78 is 55.2. The summed E-state index contributed by atoms with van der Waals surface area (Å²) in [5, 5.41) is 0. The maximum Gasteiger partial charge on any atom is 0.248 e. The standard InChI is InChI=1S/C22H22F4/c1-2-3-4-18-9-10-19(21(24)20(18)23)17-7-5-15(6-8-17)16-11-13-22(25,26)14-12-16/h3-10,16H,2,11-14H2,1H3. The van der Waals surface area contributed by atoms with Crippen molar-refractivity contribution >= 4 is 6.08 Å². The molecule has 0 saturated heterocycles. The largest absolute Gasteiger partial charge is 0.248 e. The van der Waals surface area contributed by atoms with Crippen LogP contribution in [0.15, 0.2) is 42.5 Å². The summed E-state index contributed by atoms with van der Waals surface area (Å²) in [6.07, 6.45) is 4.82. The zero-order valence-corrected chi connectivity index (χ0v) is 14.7. The Balaban J connectivity index is 1.81. The SMILES string of the molecule is CCC=Cc1ccc(-c2ccc(C3CCC(F)(F)CC3)cc2)c(F)c1F. The van der Waals surface area contributed by atoms with Crippen molar-refractivity contribution in [2.45, 2.75) is 50.9 Å². The van der Waals surface area contributed by atoms with Crippen LogP contribution in [0.25, 0.3) is 17.2 Å². The van der Waals surface area contributed by atoms with Crippen molar-refractivity contribution in [1.29, 1.82) is 0 Å². The normalized spacial score (nSPS) is 17.7. The van der Waals surface area contributed by atoms with Crippen LogP contribution < -0.4 is 0 Å². The van der Waals surface area contributed by atoms with Crippen molar-refractivity contribution in [3.63, 3.8) is 0 Å². The van der Waals surface area contributed by atoms with Gasteiger partial charge in [0.05, 0.1) is 0 Å². The third kappa shape index (κ3) is 4.00. The van der Waals surface area contributed by atoms with Gasteiger partial charge in [0.1, 0.15) is 0 Å². The van der Waals surface area contributed by atoms with Gasteiger partial charge in [0.15, 0.2) is 11.6 Å². The third-order valence-electron chi connectivity index (χ3n) is 5.06. The Hall–Kier alpha value is -2.10. The topological polar surface area (TPSA) is 0 Å². The smallest absolute Gasteiger partial charge is 0.207 e. The molecule has 0 bridgehead atoms. The van der Waals surface area contributed by atoms with Crippen LogP contribution in [0.4, 0.5) is 17.6 Å². The fraction of sp³-hybridized carbons (Fsp3) is 0.364. The molecule has 1 aliphatic rings. The highest BCUT2D eigenvalue weighted by molar-refractivity contribution is 5.67. The first-order valence-electron chi connectivity index (χ1n) is 9.04. The highest BCUT2D eigenvalue weighted by Gasteiger charge is 2.35. The molecule has 0 unspecified atom stereocenters. The molecule has 0 nitrogen and oxygen atoms in total. The first kappa shape index (κ1) is 18.7. The summed E-state index contributed by atoms with van der Waals surface area (Å²) in [7, 11) is 0. The Bertz CT molecular complexity index is 781. The summed E-state index contributed by atoms with van der Waals surface area (Å²) in [6, 6.07) is 10.3. The number of halogens is 4. The number of allylic oxidation sites excluding steroid dienone is 1. The number of benzene rings is 2. The van der Waals surface area contributed by atoms with E-state index in [9.17, 15) is 17.6 Å². The lowest BCUT2D eigenvalue weighted by Crippen LogP contribution is -2.23. The minimum atomic E-state index is -2.55. The molecule has 0 aliphatic heterocycles. The summed E-state index contributed by atoms with van der Waals surface area (Å²) >= 11 is 0. The molecule has 3 rings (SSSR count). The molecule has 138 valence electrons. The molecule has 0 radical (unpaired) electrons. The van der Waals surface area contributed by atoms with E-state index in [1.165, 1.54) is 0 Å². The molecular weight excluding hydrogens is 340 g/mol. The number of rotatable bonds is 4. The molecular formula is C22H22F4. The van der Waals surface area contributed by atoms with Gasteiger partial charge in [-0.1, -0.05) is 55.5 Å². The molecule has 2 aromatic rings. The molecule has 0 heterocycles. The Morgan fingerprint density at radius 3 is 2.23 bits per heavy atom. The molecule has 4 heteroatoms. The van der Waals surface area contributed by atoms with Crippen LogP contribution in [0.2, 0.25) is 0 Å². The Kier molecular flexibility index (Phi) is 5.49. The maximum atomic E-state index is 14.4. The second kappa shape index (κ2) is 7.65. The summed E-state index contributed by atoms with van der Waals surface area (Å²) in [5.74, 6) is -4.17. The number of alkyl halides is 2. The monoisotopic (exact) mass is 362 g/mol. The zero-order valence-electron chi connectivity index (χ0n) is 14.7. The van der Waals surface area contributed by atoms with Gasteiger partial charge in [0, 0.05) is 24.0 Å². The predicted molar refractivity (Wildman–Crippen MR) is 97.3 cm³/mol. The highest BCUT2D eigenvalue weighted by Crippen LogP contribution is 2.41. The van der Waals surface area contributed by atoms with Crippen LogP contribution in [0.5, 0.6) is 0 Å². The van der Waals surface area contributed by atoms with Crippen LogP contribution in [-0.4, -0.2) is 5.92 Å². The van der Waals surface area contributed by atoms with Crippen molar-refractivity contribution in [3.05, 3.63) is 65.2 Å². The van der Waals surface area contributed by atoms with Gasteiger partial charge in [-0.2, -0.15) is 0 Å². The van der Waals surface area contributed by atoms with Gasteiger partial charge in [-0.15, -0.1) is 0 Å². The van der Waals surface area contributed by atoms with Crippen LogP contribution in [0.1, 0.15) is 56.1 Å². The van der Waals surface area contributed by atoms with Crippen LogP contribution >= 0.6 is 0 Å². The van der Waals surface area contributed by atoms with Gasteiger partial charge in [0.2, 0.25) is 5.92 Å². The number of hydrogen-bond donors (Lipinski definition) is 0. The van der Waals surface area contributed by atoms with Gasteiger partial charge in [0.25, 0.3) is 0 Å². The molecule has 0 atom stereocenters. The van der Waals surface area contributed by atoms with E-state index in [1.807, 2.05) is 19.1 Å². The van der Waals surface area contributed by atoms with Crippen LogP contribution in [-0.2, 0) is 0 Å². The Labute approximate surface area is 151 Å².